The minimum atomic E-state index is -2.74. The van der Waals surface area contributed by atoms with Gasteiger partial charge in [0.1, 0.15) is 18.3 Å². The standard InChI is InChI=1S/C6H8O7.C5H12O5.C4H6O5.CH2O3/c7-3(8)1-6(13,5(11)12)2-4(9)10;6-1-3(8)5(10)4(9)2-7;5-2(4(8)9)1-3(6)7;2-1(3)4/h13H,1-2H2,(H,7,8)(H,9,10)(H,11,12);3-10H,1-2H2;2,5H,1H2,(H,6,7)(H,8,9);(H2,2,3,4). The van der Waals surface area contributed by atoms with Crippen LogP contribution in [0.4, 0.5) is 4.79 Å². The molecule has 3 unspecified atom stereocenters. The topological polar surface area (TPSA) is 386 Å². The summed E-state index contributed by atoms with van der Waals surface area (Å²) >= 11 is 0. The fraction of sp³-hybridized carbons (Fsp3) is 0.625. The molecule has 0 aromatic carbocycles. The average molecular weight is 540 g/mol. The maximum atomic E-state index is 10.3. The van der Waals surface area contributed by atoms with Crippen molar-refractivity contribution in [2.24, 2.45) is 0 Å². The second kappa shape index (κ2) is 20.7. The number of carboxylic acids is 5. The molecule has 0 fully saturated rings. The minimum absolute atomic E-state index is 0.641. The van der Waals surface area contributed by atoms with Crippen LogP contribution < -0.4 is 0 Å². The summed E-state index contributed by atoms with van der Waals surface area (Å²) in [6, 6.07) is 0. The van der Waals surface area contributed by atoms with E-state index in [2.05, 4.69) is 0 Å². The molecule has 3 atom stereocenters. The van der Waals surface area contributed by atoms with Crippen molar-refractivity contribution in [1.29, 1.82) is 0 Å². The molecule has 0 aromatic heterocycles. The quantitative estimate of drug-likeness (QED) is 0.110. The third-order valence-electron chi connectivity index (χ3n) is 3.10. The maximum Gasteiger partial charge on any atom is 0.503 e. The normalized spacial score (nSPS) is 13.3. The van der Waals surface area contributed by atoms with Crippen LogP contribution in [0.3, 0.4) is 0 Å². The van der Waals surface area contributed by atoms with Gasteiger partial charge in [-0.2, -0.15) is 0 Å². The molecule has 20 nitrogen and oxygen atoms in total. The van der Waals surface area contributed by atoms with Gasteiger partial charge in [0.25, 0.3) is 0 Å². The molecule has 212 valence electrons. The number of aliphatic hydroxyl groups excluding tert-OH is 6. The van der Waals surface area contributed by atoms with Gasteiger partial charge >= 0.3 is 36.0 Å². The number of hydrogen-bond donors (Lipinski definition) is 14. The summed E-state index contributed by atoms with van der Waals surface area (Å²) in [4.78, 5) is 58.5. The molecule has 0 aliphatic carbocycles. The molecule has 20 heteroatoms. The van der Waals surface area contributed by atoms with Crippen molar-refractivity contribution in [3.63, 3.8) is 0 Å². The van der Waals surface area contributed by atoms with Crippen LogP contribution in [-0.2, 0) is 24.0 Å². The molecule has 36 heavy (non-hydrogen) atoms. The monoisotopic (exact) mass is 540 g/mol. The van der Waals surface area contributed by atoms with Crippen molar-refractivity contribution in [2.75, 3.05) is 13.2 Å². The number of hydrogen-bond acceptors (Lipinski definition) is 13. The highest BCUT2D eigenvalue weighted by Gasteiger charge is 2.40. The summed E-state index contributed by atoms with van der Waals surface area (Å²) in [5.41, 5.74) is -2.74. The van der Waals surface area contributed by atoms with Gasteiger partial charge in [-0.3, -0.25) is 14.4 Å². The predicted octanol–water partition coefficient (Wildman–Crippen LogP) is -5.07. The van der Waals surface area contributed by atoms with E-state index in [1.807, 2.05) is 0 Å². The Morgan fingerprint density at radius 2 is 0.917 bits per heavy atom. The van der Waals surface area contributed by atoms with Gasteiger partial charge in [0, 0.05) is 0 Å². The van der Waals surface area contributed by atoms with E-state index in [4.69, 9.17) is 76.3 Å². The molecule has 0 bridgehead atoms. The van der Waals surface area contributed by atoms with Crippen LogP contribution in [0.1, 0.15) is 19.3 Å². The zero-order valence-corrected chi connectivity index (χ0v) is 18.1. The summed E-state index contributed by atoms with van der Waals surface area (Å²) in [5.74, 6) is -7.86. The Morgan fingerprint density at radius 1 is 0.611 bits per heavy atom. The van der Waals surface area contributed by atoms with Gasteiger partial charge in [-0.1, -0.05) is 0 Å². The molecule has 14 N–H and O–H groups in total. The molecule has 0 aromatic rings. The van der Waals surface area contributed by atoms with E-state index in [1.165, 1.54) is 0 Å². The van der Waals surface area contributed by atoms with Crippen LogP contribution in [-0.4, -0.2) is 151 Å². The summed E-state index contributed by atoms with van der Waals surface area (Å²) in [7, 11) is 0. The first-order valence-corrected chi connectivity index (χ1v) is 8.88. The summed E-state index contributed by atoms with van der Waals surface area (Å²) < 4.78 is 0. The molecule has 0 rings (SSSR count). The zero-order valence-electron chi connectivity index (χ0n) is 18.1. The summed E-state index contributed by atoms with van der Waals surface area (Å²) in [6.45, 7) is -1.28. The van der Waals surface area contributed by atoms with E-state index in [0.29, 0.717) is 0 Å². The van der Waals surface area contributed by atoms with Gasteiger partial charge in [0.05, 0.1) is 32.5 Å². The van der Waals surface area contributed by atoms with E-state index in [-0.39, 0.29) is 0 Å². The second-order valence-electron chi connectivity index (χ2n) is 6.20. The number of carboxylic acid groups (broad SMARTS) is 7. The lowest BCUT2D eigenvalue weighted by molar-refractivity contribution is -0.170. The lowest BCUT2D eigenvalue weighted by Gasteiger charge is -2.19. The Bertz CT molecular complexity index is 674. The van der Waals surface area contributed by atoms with Gasteiger partial charge in [-0.05, 0) is 0 Å². The van der Waals surface area contributed by atoms with Crippen LogP contribution in [0, 0.1) is 0 Å². The first kappa shape index (κ1) is 39.5. The lowest BCUT2D eigenvalue weighted by atomic mass is 9.96. The molecule has 0 radical (unpaired) electrons. The number of carbonyl (C=O) groups is 6. The Labute approximate surface area is 199 Å². The molecular weight excluding hydrogens is 512 g/mol. The molecule has 0 spiro atoms. The van der Waals surface area contributed by atoms with E-state index < -0.39 is 98.5 Å². The Hall–Kier alpha value is -3.66. The smallest absolute Gasteiger partial charge is 0.481 e. The highest BCUT2D eigenvalue weighted by molar-refractivity contribution is 5.88. The van der Waals surface area contributed by atoms with E-state index in [1.54, 1.807) is 0 Å². The van der Waals surface area contributed by atoms with Crippen LogP contribution in [0.5, 0.6) is 0 Å². The van der Waals surface area contributed by atoms with Gasteiger partial charge < -0.3 is 71.5 Å². The van der Waals surface area contributed by atoms with E-state index in [9.17, 15) is 24.0 Å². The predicted molar refractivity (Wildman–Crippen MR) is 106 cm³/mol. The fourth-order valence-corrected chi connectivity index (χ4v) is 1.44. The molecule has 0 aliphatic rings. The first-order chi connectivity index (χ1) is 16.2. The Kier molecular flexibility index (Phi) is 22.7. The van der Waals surface area contributed by atoms with Crippen molar-refractivity contribution < 1.29 is 100 Å². The fourth-order valence-electron chi connectivity index (χ4n) is 1.44. The van der Waals surface area contributed by atoms with Crippen LogP contribution >= 0.6 is 0 Å². The zero-order chi connectivity index (χ0) is 29.8. The van der Waals surface area contributed by atoms with Crippen LogP contribution in [0.2, 0.25) is 0 Å². The van der Waals surface area contributed by atoms with Gasteiger partial charge in [0.2, 0.25) is 0 Å². The number of aliphatic carboxylic acids is 5. The SMILES string of the molecule is O=C(O)CC(O)(CC(=O)O)C(=O)O.O=C(O)CC(O)C(=O)O.O=C(O)O.OCC(O)C(O)C(O)CO. The van der Waals surface area contributed by atoms with Crippen molar-refractivity contribution in [1.82, 2.24) is 0 Å². The molecular formula is C16H28O20. The van der Waals surface area contributed by atoms with Crippen molar-refractivity contribution in [2.45, 2.75) is 49.3 Å². The molecule has 0 heterocycles. The molecule has 0 saturated carbocycles. The third-order valence-corrected chi connectivity index (χ3v) is 3.10. The minimum Gasteiger partial charge on any atom is -0.481 e. The Morgan fingerprint density at radius 3 is 1.06 bits per heavy atom. The highest BCUT2D eigenvalue weighted by atomic mass is 16.6. The van der Waals surface area contributed by atoms with Crippen LogP contribution in [0.25, 0.3) is 0 Å². The van der Waals surface area contributed by atoms with Gasteiger partial charge in [-0.15, -0.1) is 0 Å². The average Bonchev–Trinajstić information content (AvgIpc) is 2.70. The van der Waals surface area contributed by atoms with Crippen molar-refractivity contribution in [3.05, 3.63) is 0 Å². The summed E-state index contributed by atoms with van der Waals surface area (Å²) in [5, 5.41) is 114. The van der Waals surface area contributed by atoms with E-state index in [0.717, 1.165) is 0 Å². The van der Waals surface area contributed by atoms with E-state index >= 15 is 0 Å². The summed E-state index contributed by atoms with van der Waals surface area (Å²) in [6.07, 6.45) is -11.0. The van der Waals surface area contributed by atoms with Gasteiger partial charge in [-0.25, -0.2) is 14.4 Å². The molecule has 0 aliphatic heterocycles. The van der Waals surface area contributed by atoms with Crippen molar-refractivity contribution >= 4 is 36.0 Å². The van der Waals surface area contributed by atoms with Gasteiger partial charge in [0.15, 0.2) is 11.7 Å². The largest absolute Gasteiger partial charge is 0.503 e. The Balaban J connectivity index is -0.000000201. The first-order valence-electron chi connectivity index (χ1n) is 8.88. The molecule has 0 saturated heterocycles. The number of aliphatic hydroxyl groups is 7. The lowest BCUT2D eigenvalue weighted by Crippen LogP contribution is -2.42. The van der Waals surface area contributed by atoms with Crippen molar-refractivity contribution in [3.8, 4) is 0 Å². The molecule has 0 amide bonds. The number of rotatable bonds is 12. The van der Waals surface area contributed by atoms with Crippen LogP contribution in [0.15, 0.2) is 0 Å². The third kappa shape index (κ3) is 25.0. The second-order valence-corrected chi connectivity index (χ2v) is 6.20. The maximum absolute atomic E-state index is 10.3. The highest BCUT2D eigenvalue weighted by Crippen LogP contribution is 2.15.